The molecule has 0 saturated heterocycles. The van der Waals surface area contributed by atoms with Gasteiger partial charge in [-0.2, -0.15) is 0 Å². The van der Waals surface area contributed by atoms with Crippen LogP contribution in [0.3, 0.4) is 0 Å². The Morgan fingerprint density at radius 3 is 2.89 bits per heavy atom. The van der Waals surface area contributed by atoms with Gasteiger partial charge < -0.3 is 14.5 Å². The van der Waals surface area contributed by atoms with Gasteiger partial charge in [0.05, 0.1) is 18.9 Å². The van der Waals surface area contributed by atoms with Gasteiger partial charge >= 0.3 is 0 Å². The van der Waals surface area contributed by atoms with Crippen LogP contribution in [0.2, 0.25) is 0 Å². The van der Waals surface area contributed by atoms with Gasteiger partial charge in [0.1, 0.15) is 12.0 Å². The van der Waals surface area contributed by atoms with Crippen molar-refractivity contribution < 1.29 is 13.9 Å². The van der Waals surface area contributed by atoms with Gasteiger partial charge in [0.2, 0.25) is 0 Å². The molecule has 0 radical (unpaired) electrons. The van der Waals surface area contributed by atoms with Gasteiger partial charge in [0.25, 0.3) is 5.91 Å². The summed E-state index contributed by atoms with van der Waals surface area (Å²) in [6.07, 6.45) is 3.65. The van der Waals surface area contributed by atoms with Gasteiger partial charge in [-0.25, -0.2) is 0 Å². The zero-order valence-corrected chi connectivity index (χ0v) is 11.1. The molecule has 0 spiro atoms. The van der Waals surface area contributed by atoms with Crippen molar-refractivity contribution in [1.82, 2.24) is 5.32 Å². The summed E-state index contributed by atoms with van der Waals surface area (Å²) >= 11 is 0. The van der Waals surface area contributed by atoms with Crippen LogP contribution in [0.4, 0.5) is 0 Å². The summed E-state index contributed by atoms with van der Waals surface area (Å²) in [4.78, 5) is 11.7. The van der Waals surface area contributed by atoms with Crippen molar-refractivity contribution in [3.63, 3.8) is 0 Å². The van der Waals surface area contributed by atoms with E-state index in [2.05, 4.69) is 11.4 Å². The van der Waals surface area contributed by atoms with E-state index >= 15 is 0 Å². The Bertz CT molecular complexity index is 547. The third kappa shape index (κ3) is 3.37. The second-order valence-corrected chi connectivity index (χ2v) is 4.33. The fourth-order valence-corrected chi connectivity index (χ4v) is 1.91. The molecule has 2 rings (SSSR count). The van der Waals surface area contributed by atoms with Crippen LogP contribution in [0.5, 0.6) is 5.75 Å². The second kappa shape index (κ2) is 6.09. The Kier molecular flexibility index (Phi) is 4.23. The molecule has 2 aromatic rings. The maximum Gasteiger partial charge on any atom is 0.254 e. The summed E-state index contributed by atoms with van der Waals surface area (Å²) in [6, 6.07) is 7.67. The molecular weight excluding hydrogens is 242 g/mol. The number of benzene rings is 1. The highest BCUT2D eigenvalue weighted by Crippen LogP contribution is 2.19. The average molecular weight is 259 g/mol. The zero-order chi connectivity index (χ0) is 13.7. The molecule has 19 heavy (non-hydrogen) atoms. The normalized spacial score (nSPS) is 10.2. The molecule has 100 valence electrons. The van der Waals surface area contributed by atoms with Gasteiger partial charge in [-0.15, -0.1) is 0 Å². The number of furan rings is 1. The molecule has 0 bridgehead atoms. The van der Waals surface area contributed by atoms with Gasteiger partial charge in [0.15, 0.2) is 0 Å². The molecule has 0 aliphatic heterocycles. The maximum atomic E-state index is 11.7. The van der Waals surface area contributed by atoms with E-state index < -0.39 is 0 Å². The number of hydrogen-bond acceptors (Lipinski definition) is 3. The number of carbonyl (C=O) groups excluding carboxylic acids is 1. The molecule has 0 saturated carbocycles. The number of methoxy groups -OCH3 is 1. The van der Waals surface area contributed by atoms with Crippen LogP contribution >= 0.6 is 0 Å². The van der Waals surface area contributed by atoms with E-state index in [1.165, 1.54) is 18.1 Å². The van der Waals surface area contributed by atoms with Crippen LogP contribution in [0.1, 0.15) is 21.5 Å². The molecule has 0 fully saturated rings. The lowest BCUT2D eigenvalue weighted by Gasteiger charge is -2.10. The first kappa shape index (κ1) is 13.2. The summed E-state index contributed by atoms with van der Waals surface area (Å²) in [7, 11) is 1.65. The van der Waals surface area contributed by atoms with Crippen molar-refractivity contribution in [3.05, 3.63) is 53.5 Å². The van der Waals surface area contributed by atoms with Gasteiger partial charge in [0, 0.05) is 6.54 Å². The Labute approximate surface area is 112 Å². The molecule has 0 aliphatic rings. The summed E-state index contributed by atoms with van der Waals surface area (Å²) in [5, 5.41) is 2.85. The van der Waals surface area contributed by atoms with Crippen molar-refractivity contribution in [2.24, 2.45) is 0 Å². The van der Waals surface area contributed by atoms with Gasteiger partial charge in [-0.05, 0) is 31.0 Å². The molecule has 1 aromatic carbocycles. The van der Waals surface area contributed by atoms with Crippen molar-refractivity contribution in [1.29, 1.82) is 0 Å². The monoisotopic (exact) mass is 259 g/mol. The second-order valence-electron chi connectivity index (χ2n) is 4.33. The van der Waals surface area contributed by atoms with Gasteiger partial charge in [-0.3, -0.25) is 4.79 Å². The summed E-state index contributed by atoms with van der Waals surface area (Å²) in [5.74, 6) is 0.725. The smallest absolute Gasteiger partial charge is 0.254 e. The van der Waals surface area contributed by atoms with Gasteiger partial charge in [-0.1, -0.05) is 17.7 Å². The predicted octanol–water partition coefficient (Wildman–Crippen LogP) is 2.57. The Hall–Kier alpha value is -2.23. The lowest BCUT2D eigenvalue weighted by molar-refractivity contribution is 0.0953. The molecule has 1 aromatic heterocycles. The van der Waals surface area contributed by atoms with E-state index in [1.54, 1.807) is 13.2 Å². The van der Waals surface area contributed by atoms with E-state index in [0.29, 0.717) is 12.1 Å². The van der Waals surface area contributed by atoms with Crippen molar-refractivity contribution in [2.75, 3.05) is 13.7 Å². The van der Waals surface area contributed by atoms with Crippen molar-refractivity contribution >= 4 is 5.91 Å². The minimum absolute atomic E-state index is 0.125. The highest BCUT2D eigenvalue weighted by molar-refractivity contribution is 5.93. The van der Waals surface area contributed by atoms with Crippen LogP contribution in [0.15, 0.2) is 41.2 Å². The van der Waals surface area contributed by atoms with E-state index in [4.69, 9.17) is 9.15 Å². The number of hydrogen-bond donors (Lipinski definition) is 1. The van der Waals surface area contributed by atoms with E-state index in [0.717, 1.165) is 17.7 Å². The first-order valence-electron chi connectivity index (χ1n) is 6.14. The van der Waals surface area contributed by atoms with Crippen LogP contribution in [0.25, 0.3) is 0 Å². The summed E-state index contributed by atoms with van der Waals surface area (Å²) in [5.41, 5.74) is 2.81. The molecule has 4 nitrogen and oxygen atoms in total. The molecule has 1 amide bonds. The molecule has 0 atom stereocenters. The topological polar surface area (TPSA) is 51.5 Å². The first-order valence-corrected chi connectivity index (χ1v) is 6.14. The molecule has 1 N–H and O–H groups in total. The van der Waals surface area contributed by atoms with E-state index in [-0.39, 0.29) is 5.91 Å². The molecule has 0 unspecified atom stereocenters. The predicted molar refractivity (Wildman–Crippen MR) is 72.5 cm³/mol. The van der Waals surface area contributed by atoms with Crippen LogP contribution < -0.4 is 10.1 Å². The maximum absolute atomic E-state index is 11.7. The Balaban J connectivity index is 1.92. The zero-order valence-electron chi connectivity index (χ0n) is 11.1. The first-order chi connectivity index (χ1) is 9.20. The Morgan fingerprint density at radius 1 is 1.37 bits per heavy atom. The lowest BCUT2D eigenvalue weighted by atomic mass is 10.1. The summed E-state index contributed by atoms with van der Waals surface area (Å²) in [6.45, 7) is 2.59. The van der Waals surface area contributed by atoms with Crippen molar-refractivity contribution in [3.8, 4) is 5.75 Å². The van der Waals surface area contributed by atoms with E-state index in [1.807, 2.05) is 19.1 Å². The fourth-order valence-electron chi connectivity index (χ4n) is 1.91. The third-order valence-electron chi connectivity index (χ3n) is 2.90. The highest BCUT2D eigenvalue weighted by Gasteiger charge is 2.07. The number of nitrogens with one attached hydrogen (secondary N) is 1. The standard InChI is InChI=1S/C15H17NO3/c1-11-3-4-14(18-2)12(9-11)5-7-16-15(17)13-6-8-19-10-13/h3-4,6,8-10H,5,7H2,1-2H3,(H,16,17). The number of amides is 1. The Morgan fingerprint density at radius 2 is 2.21 bits per heavy atom. The minimum Gasteiger partial charge on any atom is -0.496 e. The average Bonchev–Trinajstić information content (AvgIpc) is 2.93. The third-order valence-corrected chi connectivity index (χ3v) is 2.90. The molecule has 0 aliphatic carbocycles. The molecular formula is C15H17NO3. The van der Waals surface area contributed by atoms with Crippen molar-refractivity contribution in [2.45, 2.75) is 13.3 Å². The highest BCUT2D eigenvalue weighted by atomic mass is 16.5. The van der Waals surface area contributed by atoms with Crippen LogP contribution in [-0.4, -0.2) is 19.6 Å². The van der Waals surface area contributed by atoms with E-state index in [9.17, 15) is 4.79 Å². The SMILES string of the molecule is COc1ccc(C)cc1CCNC(=O)c1ccoc1. The summed E-state index contributed by atoms with van der Waals surface area (Å²) < 4.78 is 10.2. The lowest BCUT2D eigenvalue weighted by Crippen LogP contribution is -2.25. The number of aryl methyl sites for hydroxylation is 1. The van der Waals surface area contributed by atoms with Crippen LogP contribution in [-0.2, 0) is 6.42 Å². The van der Waals surface area contributed by atoms with Crippen LogP contribution in [0, 0.1) is 6.92 Å². The number of carbonyl (C=O) groups is 1. The quantitative estimate of drug-likeness (QED) is 0.897. The number of rotatable bonds is 5. The molecule has 1 heterocycles. The molecule has 4 heteroatoms. The fraction of sp³-hybridized carbons (Fsp3) is 0.267. The number of ether oxygens (including phenoxy) is 1. The largest absolute Gasteiger partial charge is 0.496 e. The minimum atomic E-state index is -0.125.